The molecule has 0 atom stereocenters. The number of nitrogens with zero attached hydrogens (tertiary/aromatic N) is 2. The molecular formula is C17H18BClN4. The van der Waals surface area contributed by atoms with Crippen LogP contribution in [0.2, 0.25) is 5.02 Å². The first-order chi connectivity index (χ1) is 10.9. The summed E-state index contributed by atoms with van der Waals surface area (Å²) >= 11 is 6.00. The molecule has 6 heteroatoms. The van der Waals surface area contributed by atoms with E-state index >= 15 is 0 Å². The van der Waals surface area contributed by atoms with Crippen LogP contribution in [0.1, 0.15) is 26.3 Å². The SMILES string of the molecule is CC(=N)N1C(=N)CN=C(c2ccc(Cl)cc2)C2=C1BC(C)=C2C. The van der Waals surface area contributed by atoms with E-state index in [1.807, 2.05) is 24.3 Å². The quantitative estimate of drug-likeness (QED) is 0.464. The molecule has 23 heavy (non-hydrogen) atoms. The fourth-order valence-corrected chi connectivity index (χ4v) is 3.25. The lowest BCUT2D eigenvalue weighted by Crippen LogP contribution is -2.36. The van der Waals surface area contributed by atoms with Gasteiger partial charge in [0.25, 0.3) is 0 Å². The van der Waals surface area contributed by atoms with Crippen molar-refractivity contribution in [3.63, 3.8) is 0 Å². The fraction of sp³-hybridized carbons (Fsp3) is 0.235. The van der Waals surface area contributed by atoms with E-state index in [9.17, 15) is 0 Å². The summed E-state index contributed by atoms with van der Waals surface area (Å²) < 4.78 is 0. The van der Waals surface area contributed by atoms with Crippen molar-refractivity contribution in [2.45, 2.75) is 20.8 Å². The van der Waals surface area contributed by atoms with Crippen LogP contribution in [0.15, 0.2) is 51.5 Å². The maximum atomic E-state index is 8.29. The highest BCUT2D eigenvalue weighted by molar-refractivity contribution is 6.58. The maximum Gasteiger partial charge on any atom is 0.209 e. The average molecular weight is 325 g/mol. The summed E-state index contributed by atoms with van der Waals surface area (Å²) in [6.07, 6.45) is 0. The third-order valence-electron chi connectivity index (χ3n) is 4.35. The Morgan fingerprint density at radius 2 is 1.91 bits per heavy atom. The Kier molecular flexibility index (Phi) is 3.98. The van der Waals surface area contributed by atoms with Gasteiger partial charge in [0.15, 0.2) is 0 Å². The van der Waals surface area contributed by atoms with Gasteiger partial charge >= 0.3 is 0 Å². The van der Waals surface area contributed by atoms with Crippen LogP contribution < -0.4 is 0 Å². The summed E-state index contributed by atoms with van der Waals surface area (Å²) in [6.45, 7) is 6.18. The Bertz CT molecular complexity index is 802. The van der Waals surface area contributed by atoms with Crippen LogP contribution in [-0.4, -0.2) is 36.1 Å². The Labute approximate surface area is 141 Å². The van der Waals surface area contributed by atoms with Crippen LogP contribution in [0.25, 0.3) is 0 Å². The highest BCUT2D eigenvalue weighted by atomic mass is 35.5. The molecule has 0 bridgehead atoms. The largest absolute Gasteiger partial charge is 0.298 e. The van der Waals surface area contributed by atoms with Gasteiger partial charge in [-0.05, 0) is 31.6 Å². The van der Waals surface area contributed by atoms with Gasteiger partial charge in [-0.25, -0.2) is 0 Å². The molecule has 3 rings (SSSR count). The molecule has 2 aliphatic rings. The summed E-state index contributed by atoms with van der Waals surface area (Å²) in [6, 6.07) is 7.64. The molecule has 2 heterocycles. The van der Waals surface area contributed by atoms with E-state index in [-0.39, 0.29) is 6.54 Å². The summed E-state index contributed by atoms with van der Waals surface area (Å²) in [4.78, 5) is 6.41. The molecule has 1 aromatic rings. The maximum absolute atomic E-state index is 8.29. The zero-order chi connectivity index (χ0) is 16.7. The summed E-state index contributed by atoms with van der Waals surface area (Å²) in [5.74, 6) is 0.703. The standard InChI is InChI=1S/C17H18BClN4/c1-9-10(2)18-17-15(9)16(12-4-6-13(19)7-5-12)22-8-14(21)23(17)11(3)20/h4-7,18,20-21H,8H2,1-3H3. The smallest absolute Gasteiger partial charge is 0.209 e. The van der Waals surface area contributed by atoms with Crippen LogP contribution >= 0.6 is 11.6 Å². The van der Waals surface area contributed by atoms with E-state index in [4.69, 9.17) is 22.4 Å². The topological polar surface area (TPSA) is 63.3 Å². The van der Waals surface area contributed by atoms with Crippen molar-refractivity contribution >= 4 is 36.3 Å². The van der Waals surface area contributed by atoms with E-state index in [1.54, 1.807) is 11.8 Å². The number of nitrogens with one attached hydrogen (secondary N) is 2. The molecular weight excluding hydrogens is 306 g/mol. The van der Waals surface area contributed by atoms with E-state index < -0.39 is 0 Å². The predicted molar refractivity (Wildman–Crippen MR) is 98.4 cm³/mol. The van der Waals surface area contributed by atoms with Gasteiger partial charge < -0.3 is 0 Å². The van der Waals surface area contributed by atoms with Crippen molar-refractivity contribution in [1.82, 2.24) is 4.90 Å². The Balaban J connectivity index is 2.21. The first kappa shape index (κ1) is 15.7. The van der Waals surface area contributed by atoms with Gasteiger partial charge in [-0.3, -0.25) is 20.7 Å². The first-order valence-corrected chi connectivity index (χ1v) is 7.91. The lowest BCUT2D eigenvalue weighted by atomic mass is 9.69. The third-order valence-corrected chi connectivity index (χ3v) is 4.60. The van der Waals surface area contributed by atoms with Gasteiger partial charge in [0.2, 0.25) is 7.28 Å². The minimum atomic E-state index is 0.271. The predicted octanol–water partition coefficient (Wildman–Crippen LogP) is 3.37. The van der Waals surface area contributed by atoms with Gasteiger partial charge in [0, 0.05) is 16.2 Å². The van der Waals surface area contributed by atoms with E-state index in [0.29, 0.717) is 16.7 Å². The normalized spacial score (nSPS) is 17.8. The number of allylic oxidation sites excluding steroid dienone is 3. The number of aliphatic imine (C=N–C) groups is 1. The molecule has 0 spiro atoms. The van der Waals surface area contributed by atoms with Crippen molar-refractivity contribution in [3.05, 3.63) is 57.1 Å². The average Bonchev–Trinajstić information content (AvgIpc) is 2.68. The molecule has 1 aromatic carbocycles. The number of rotatable bonds is 1. The second-order valence-electron chi connectivity index (χ2n) is 5.94. The lowest BCUT2D eigenvalue weighted by Gasteiger charge is -2.24. The second-order valence-corrected chi connectivity index (χ2v) is 6.38. The van der Waals surface area contributed by atoms with Gasteiger partial charge in [-0.1, -0.05) is 41.7 Å². The van der Waals surface area contributed by atoms with E-state index in [2.05, 4.69) is 18.8 Å². The van der Waals surface area contributed by atoms with Crippen molar-refractivity contribution in [1.29, 1.82) is 10.8 Å². The molecule has 0 saturated heterocycles. The minimum Gasteiger partial charge on any atom is -0.298 e. The molecule has 4 nitrogen and oxygen atoms in total. The number of halogens is 1. The zero-order valence-corrected chi connectivity index (χ0v) is 14.3. The van der Waals surface area contributed by atoms with Crippen LogP contribution in [0.3, 0.4) is 0 Å². The molecule has 0 fully saturated rings. The molecule has 116 valence electrons. The van der Waals surface area contributed by atoms with Gasteiger partial charge in [0.1, 0.15) is 11.7 Å². The number of hydrogen-bond donors (Lipinski definition) is 2. The highest BCUT2D eigenvalue weighted by Gasteiger charge is 2.32. The molecule has 0 radical (unpaired) electrons. The second kappa shape index (κ2) is 5.82. The van der Waals surface area contributed by atoms with E-state index in [0.717, 1.165) is 29.7 Å². The van der Waals surface area contributed by atoms with Crippen LogP contribution in [0.4, 0.5) is 0 Å². The zero-order valence-electron chi connectivity index (χ0n) is 13.5. The van der Waals surface area contributed by atoms with Crippen LogP contribution in [-0.2, 0) is 0 Å². The number of benzene rings is 1. The first-order valence-electron chi connectivity index (χ1n) is 7.53. The third kappa shape index (κ3) is 2.66. The number of hydrogen-bond acceptors (Lipinski definition) is 3. The van der Waals surface area contributed by atoms with Crippen molar-refractivity contribution < 1.29 is 0 Å². The summed E-state index contributed by atoms with van der Waals surface area (Å²) in [5.41, 5.74) is 6.38. The number of amidine groups is 2. The highest BCUT2D eigenvalue weighted by Crippen LogP contribution is 2.33. The minimum absolute atomic E-state index is 0.271. The fourth-order valence-electron chi connectivity index (χ4n) is 3.12. The molecule has 0 unspecified atom stereocenters. The Hall–Kier alpha value is -2.14. The van der Waals surface area contributed by atoms with Crippen molar-refractivity contribution in [2.24, 2.45) is 4.99 Å². The van der Waals surface area contributed by atoms with Gasteiger partial charge in [-0.2, -0.15) is 0 Å². The van der Waals surface area contributed by atoms with Crippen LogP contribution in [0.5, 0.6) is 0 Å². The lowest BCUT2D eigenvalue weighted by molar-refractivity contribution is 0.764. The monoisotopic (exact) mass is 324 g/mol. The molecule has 2 N–H and O–H groups in total. The molecule has 2 aliphatic heterocycles. The van der Waals surface area contributed by atoms with E-state index in [1.165, 1.54) is 11.0 Å². The van der Waals surface area contributed by atoms with Crippen molar-refractivity contribution in [2.75, 3.05) is 6.54 Å². The van der Waals surface area contributed by atoms with Crippen molar-refractivity contribution in [3.8, 4) is 0 Å². The molecule has 0 aliphatic carbocycles. The van der Waals surface area contributed by atoms with Gasteiger partial charge in [-0.15, -0.1) is 0 Å². The Morgan fingerprint density at radius 1 is 1.26 bits per heavy atom. The van der Waals surface area contributed by atoms with Crippen LogP contribution in [0, 0.1) is 10.8 Å². The molecule has 0 aromatic heterocycles. The molecule has 0 amide bonds. The van der Waals surface area contributed by atoms with Gasteiger partial charge in [0.05, 0.1) is 12.3 Å². The summed E-state index contributed by atoms with van der Waals surface area (Å²) in [7, 11) is 0.756. The summed E-state index contributed by atoms with van der Waals surface area (Å²) in [5, 5.41) is 17.0. The Morgan fingerprint density at radius 3 is 2.52 bits per heavy atom. The molecule has 0 saturated carbocycles.